The summed E-state index contributed by atoms with van der Waals surface area (Å²) in [5.74, 6) is 5.62. The van der Waals surface area contributed by atoms with E-state index in [2.05, 4.69) is 22.1 Å². The van der Waals surface area contributed by atoms with Crippen LogP contribution in [-0.4, -0.2) is 68.4 Å². The van der Waals surface area contributed by atoms with Gasteiger partial charge >= 0.3 is 0 Å². The molecule has 2 amide bonds. The molecule has 186 valence electrons. The number of amides is 2. The van der Waals surface area contributed by atoms with E-state index in [9.17, 15) is 14.0 Å². The zero-order chi connectivity index (χ0) is 25.7. The van der Waals surface area contributed by atoms with Gasteiger partial charge in [-0.25, -0.2) is 4.39 Å². The van der Waals surface area contributed by atoms with E-state index in [4.69, 9.17) is 4.42 Å². The predicted octanol–water partition coefficient (Wildman–Crippen LogP) is 3.67. The first-order valence-corrected chi connectivity index (χ1v) is 11.7. The topological polar surface area (TPSA) is 69.0 Å². The number of carbonyl (C=O) groups excluding carboxylic acids is 2. The maximum absolute atomic E-state index is 13.0. The zero-order valence-corrected chi connectivity index (χ0v) is 20.6. The molecule has 3 aromatic rings. The number of hydrogen-bond acceptors (Lipinski definition) is 5. The summed E-state index contributed by atoms with van der Waals surface area (Å²) in [6.07, 6.45) is 0.916. The zero-order valence-electron chi connectivity index (χ0n) is 20.6. The second-order valence-corrected chi connectivity index (χ2v) is 9.05. The maximum atomic E-state index is 13.0. The predicted molar refractivity (Wildman–Crippen MR) is 137 cm³/mol. The van der Waals surface area contributed by atoms with Crippen molar-refractivity contribution in [2.75, 3.05) is 51.0 Å². The van der Waals surface area contributed by atoms with Crippen LogP contribution in [0.1, 0.15) is 28.3 Å². The van der Waals surface area contributed by atoms with Crippen LogP contribution in [0.5, 0.6) is 0 Å². The van der Waals surface area contributed by atoms with Crippen LogP contribution in [-0.2, 0) is 4.79 Å². The molecule has 1 aliphatic heterocycles. The van der Waals surface area contributed by atoms with E-state index >= 15 is 0 Å². The smallest absolute Gasteiger partial charge is 0.291 e. The molecule has 2 heterocycles. The highest BCUT2D eigenvalue weighted by molar-refractivity contribution is 6.02. The number of furan rings is 1. The van der Waals surface area contributed by atoms with Crippen LogP contribution in [0.3, 0.4) is 0 Å². The maximum Gasteiger partial charge on any atom is 0.291 e. The van der Waals surface area contributed by atoms with Crippen molar-refractivity contribution >= 4 is 23.2 Å². The van der Waals surface area contributed by atoms with Crippen molar-refractivity contribution in [2.45, 2.75) is 12.5 Å². The summed E-state index contributed by atoms with van der Waals surface area (Å²) in [7, 11) is 5.65. The summed E-state index contributed by atoms with van der Waals surface area (Å²) in [4.78, 5) is 30.9. The Morgan fingerprint density at radius 3 is 2.44 bits per heavy atom. The van der Waals surface area contributed by atoms with Gasteiger partial charge in [0.15, 0.2) is 11.5 Å². The first-order chi connectivity index (χ1) is 17.3. The molecule has 1 aliphatic rings. The van der Waals surface area contributed by atoms with Gasteiger partial charge in [-0.15, -0.1) is 0 Å². The molecular weight excluding hydrogens is 459 g/mol. The molecule has 36 heavy (non-hydrogen) atoms. The van der Waals surface area contributed by atoms with E-state index in [0.717, 1.165) is 25.2 Å². The largest absolute Gasteiger partial charge is 0.443 e. The summed E-state index contributed by atoms with van der Waals surface area (Å²) in [6, 6.07) is 16.8. The minimum Gasteiger partial charge on any atom is -0.443 e. The lowest BCUT2D eigenvalue weighted by atomic mass is 10.2. The van der Waals surface area contributed by atoms with Gasteiger partial charge in [-0.2, -0.15) is 0 Å². The summed E-state index contributed by atoms with van der Waals surface area (Å²) >= 11 is 0. The Balaban J connectivity index is 1.32. The SMILES string of the molecule is CN(C)CC(=O)N(C)C1CCN(c2ccc(NC(=O)c3ccc(C#Cc4ccc(F)cc4)o3)cc2)C1. The third kappa shape index (κ3) is 6.32. The number of nitrogens with zero attached hydrogens (tertiary/aromatic N) is 3. The highest BCUT2D eigenvalue weighted by Gasteiger charge is 2.28. The third-order valence-corrected chi connectivity index (χ3v) is 6.05. The van der Waals surface area contributed by atoms with Gasteiger partial charge in [-0.05, 0) is 87.1 Å². The number of rotatable bonds is 6. The molecule has 1 N–H and O–H groups in total. The molecule has 0 aliphatic carbocycles. The Labute approximate surface area is 210 Å². The van der Waals surface area contributed by atoms with E-state index in [1.807, 2.05) is 55.2 Å². The third-order valence-electron chi connectivity index (χ3n) is 6.05. The Bertz CT molecular complexity index is 1270. The van der Waals surface area contributed by atoms with Gasteiger partial charge in [0.1, 0.15) is 5.82 Å². The lowest BCUT2D eigenvalue weighted by Gasteiger charge is -2.26. The number of anilines is 2. The second-order valence-electron chi connectivity index (χ2n) is 9.05. The molecule has 1 fully saturated rings. The number of carbonyl (C=O) groups is 2. The molecule has 1 unspecified atom stereocenters. The van der Waals surface area contributed by atoms with E-state index in [1.54, 1.807) is 24.3 Å². The average molecular weight is 489 g/mol. The Morgan fingerprint density at radius 1 is 1.03 bits per heavy atom. The molecule has 1 aromatic heterocycles. The summed E-state index contributed by atoms with van der Waals surface area (Å²) < 4.78 is 18.5. The average Bonchev–Trinajstić information content (AvgIpc) is 3.54. The lowest BCUT2D eigenvalue weighted by Crippen LogP contribution is -2.43. The fourth-order valence-electron chi connectivity index (χ4n) is 4.02. The first kappa shape index (κ1) is 25.0. The standard InChI is InChI=1S/C28H29FN4O3/c1-31(2)19-27(34)32(3)24-16-17-33(18-24)23-11-9-22(10-12-23)30-28(35)26-15-14-25(36-26)13-6-20-4-7-21(29)8-5-20/h4-5,7-12,14-15,24H,16-19H2,1-3H3,(H,30,35). The molecule has 0 spiro atoms. The monoisotopic (exact) mass is 488 g/mol. The molecule has 2 aromatic carbocycles. The fraction of sp³-hybridized carbons (Fsp3) is 0.286. The first-order valence-electron chi connectivity index (χ1n) is 11.7. The van der Waals surface area contributed by atoms with Crippen LogP contribution in [0.4, 0.5) is 15.8 Å². The Kier molecular flexibility index (Phi) is 7.71. The minimum atomic E-state index is -0.375. The molecule has 0 radical (unpaired) electrons. The van der Waals surface area contributed by atoms with Gasteiger partial charge in [0.25, 0.3) is 5.91 Å². The number of nitrogens with one attached hydrogen (secondary N) is 1. The van der Waals surface area contributed by atoms with Crippen molar-refractivity contribution in [3.05, 3.63) is 83.6 Å². The molecule has 0 saturated carbocycles. The summed E-state index contributed by atoms with van der Waals surface area (Å²) in [5, 5.41) is 2.83. The van der Waals surface area contributed by atoms with Crippen LogP contribution in [0.2, 0.25) is 0 Å². The van der Waals surface area contributed by atoms with Crippen LogP contribution in [0.15, 0.2) is 65.1 Å². The van der Waals surface area contributed by atoms with Crippen molar-refractivity contribution in [1.82, 2.24) is 9.80 Å². The van der Waals surface area contributed by atoms with Crippen LogP contribution in [0, 0.1) is 17.7 Å². The number of likely N-dealkylation sites (N-methyl/N-ethyl adjacent to an activating group) is 2. The van der Waals surface area contributed by atoms with Crippen molar-refractivity contribution in [2.24, 2.45) is 0 Å². The fourth-order valence-corrected chi connectivity index (χ4v) is 4.02. The van der Waals surface area contributed by atoms with Crippen molar-refractivity contribution in [3.63, 3.8) is 0 Å². The molecule has 8 heteroatoms. The quantitative estimate of drug-likeness (QED) is 0.537. The highest BCUT2D eigenvalue weighted by atomic mass is 19.1. The number of halogens is 1. The lowest BCUT2D eigenvalue weighted by molar-refractivity contribution is -0.132. The van der Waals surface area contributed by atoms with E-state index in [-0.39, 0.29) is 29.4 Å². The minimum absolute atomic E-state index is 0.118. The normalized spacial score (nSPS) is 14.9. The molecule has 1 atom stereocenters. The van der Waals surface area contributed by atoms with E-state index in [0.29, 0.717) is 23.6 Å². The van der Waals surface area contributed by atoms with Gasteiger partial charge in [0.2, 0.25) is 5.91 Å². The highest BCUT2D eigenvalue weighted by Crippen LogP contribution is 2.24. The molecule has 4 rings (SSSR count). The van der Waals surface area contributed by atoms with Crippen molar-refractivity contribution in [1.29, 1.82) is 0 Å². The summed E-state index contributed by atoms with van der Waals surface area (Å²) in [5.41, 5.74) is 2.34. The molecule has 7 nitrogen and oxygen atoms in total. The van der Waals surface area contributed by atoms with Crippen molar-refractivity contribution < 1.29 is 18.4 Å². The van der Waals surface area contributed by atoms with Crippen LogP contribution < -0.4 is 10.2 Å². The molecule has 0 bridgehead atoms. The second kappa shape index (κ2) is 11.1. The molecule has 1 saturated heterocycles. The van der Waals surface area contributed by atoms with E-state index < -0.39 is 0 Å². The number of hydrogen-bond donors (Lipinski definition) is 1. The van der Waals surface area contributed by atoms with Gasteiger partial charge in [-0.3, -0.25) is 9.59 Å². The van der Waals surface area contributed by atoms with Crippen molar-refractivity contribution in [3.8, 4) is 11.8 Å². The Hall–Kier alpha value is -4.09. The van der Waals surface area contributed by atoms with Crippen LogP contribution in [0.25, 0.3) is 0 Å². The molecular formula is C28H29FN4O3. The van der Waals surface area contributed by atoms with E-state index in [1.165, 1.54) is 12.1 Å². The van der Waals surface area contributed by atoms with Crippen LogP contribution >= 0.6 is 0 Å². The van der Waals surface area contributed by atoms with Gasteiger partial charge in [0, 0.05) is 37.1 Å². The number of benzene rings is 2. The summed E-state index contributed by atoms with van der Waals surface area (Å²) in [6.45, 7) is 2.04. The van der Waals surface area contributed by atoms with Gasteiger partial charge in [-0.1, -0.05) is 5.92 Å². The van der Waals surface area contributed by atoms with Gasteiger partial charge in [0.05, 0.1) is 12.6 Å². The van der Waals surface area contributed by atoms with Gasteiger partial charge < -0.3 is 24.4 Å². The Morgan fingerprint density at radius 2 is 1.75 bits per heavy atom.